The van der Waals surface area contributed by atoms with Crippen LogP contribution in [-0.2, 0) is 17.8 Å². The van der Waals surface area contributed by atoms with Gasteiger partial charge in [0, 0.05) is 30.1 Å². The number of anilines is 1. The Morgan fingerprint density at radius 1 is 1.27 bits per heavy atom. The van der Waals surface area contributed by atoms with Crippen LogP contribution in [0.1, 0.15) is 37.4 Å². The minimum absolute atomic E-state index is 0. The molecule has 7 nitrogen and oxygen atoms in total. The second kappa shape index (κ2) is 10.6. The SMILES string of the molecule is C[C@@H]1OCC2(CCN(c3ncc(-c4ccc5c(c4Cl)OCCC5)nc3CO)CC2)[C@@H]1N.S.S. The Balaban J connectivity index is 0.00000153. The van der Waals surface area contributed by atoms with Crippen molar-refractivity contribution in [3.8, 4) is 17.0 Å². The number of halogens is 1. The van der Waals surface area contributed by atoms with Gasteiger partial charge in [-0.15, -0.1) is 0 Å². The summed E-state index contributed by atoms with van der Waals surface area (Å²) in [5, 5.41) is 10.6. The van der Waals surface area contributed by atoms with Crippen LogP contribution >= 0.6 is 38.6 Å². The third kappa shape index (κ3) is 4.68. The van der Waals surface area contributed by atoms with Gasteiger partial charge in [-0.25, -0.2) is 9.97 Å². The molecule has 2 aromatic rings. The van der Waals surface area contributed by atoms with E-state index in [-0.39, 0.29) is 51.2 Å². The molecule has 2 saturated heterocycles. The number of ether oxygens (including phenoxy) is 2. The van der Waals surface area contributed by atoms with Crippen molar-refractivity contribution in [1.82, 2.24) is 9.97 Å². The van der Waals surface area contributed by atoms with E-state index in [1.165, 1.54) is 0 Å². The first-order chi connectivity index (χ1) is 15.0. The van der Waals surface area contributed by atoms with E-state index in [2.05, 4.69) is 11.8 Å². The van der Waals surface area contributed by atoms with Gasteiger partial charge < -0.3 is 25.2 Å². The largest absolute Gasteiger partial charge is 0.492 e. The fourth-order valence-corrected chi connectivity index (χ4v) is 5.48. The lowest BCUT2D eigenvalue weighted by atomic mass is 9.73. The van der Waals surface area contributed by atoms with E-state index in [0.29, 0.717) is 23.0 Å². The highest BCUT2D eigenvalue weighted by atomic mass is 35.5. The Bertz CT molecular complexity index is 988. The molecule has 0 unspecified atom stereocenters. The van der Waals surface area contributed by atoms with Crippen LogP contribution in [0, 0.1) is 5.41 Å². The molecule has 1 aromatic carbocycles. The molecule has 3 aliphatic rings. The molecule has 3 aliphatic heterocycles. The molecular weight excluding hydrogens is 480 g/mol. The number of hydrogen-bond donors (Lipinski definition) is 2. The fraction of sp³-hybridized carbons (Fsp3) is 0.565. The summed E-state index contributed by atoms with van der Waals surface area (Å²) in [5.41, 5.74) is 9.58. The van der Waals surface area contributed by atoms with E-state index in [9.17, 15) is 5.11 Å². The van der Waals surface area contributed by atoms with Crippen LogP contribution in [0.5, 0.6) is 5.75 Å². The molecule has 0 saturated carbocycles. The Labute approximate surface area is 213 Å². The predicted molar refractivity (Wildman–Crippen MR) is 140 cm³/mol. The van der Waals surface area contributed by atoms with Crippen LogP contribution in [0.4, 0.5) is 5.82 Å². The minimum Gasteiger partial charge on any atom is -0.492 e. The van der Waals surface area contributed by atoms with Crippen LogP contribution in [0.25, 0.3) is 11.3 Å². The van der Waals surface area contributed by atoms with E-state index >= 15 is 0 Å². The summed E-state index contributed by atoms with van der Waals surface area (Å²) < 4.78 is 11.6. The number of nitrogens with zero attached hydrogens (tertiary/aromatic N) is 3. The number of nitrogens with two attached hydrogens (primary N) is 1. The zero-order valence-corrected chi connectivity index (χ0v) is 21.6. The van der Waals surface area contributed by atoms with E-state index in [1.54, 1.807) is 6.20 Å². The van der Waals surface area contributed by atoms with Gasteiger partial charge in [0.25, 0.3) is 0 Å². The molecule has 0 amide bonds. The molecule has 0 radical (unpaired) electrons. The quantitative estimate of drug-likeness (QED) is 0.652. The number of piperidine rings is 1. The van der Waals surface area contributed by atoms with Crippen molar-refractivity contribution in [2.75, 3.05) is 31.2 Å². The average molecular weight is 513 g/mol. The van der Waals surface area contributed by atoms with Crippen molar-refractivity contribution < 1.29 is 14.6 Å². The van der Waals surface area contributed by atoms with Gasteiger partial charge in [-0.3, -0.25) is 0 Å². The van der Waals surface area contributed by atoms with Gasteiger partial charge in [-0.05, 0) is 38.2 Å². The fourth-order valence-electron chi connectivity index (χ4n) is 5.14. The Morgan fingerprint density at radius 3 is 2.70 bits per heavy atom. The van der Waals surface area contributed by atoms with Crippen molar-refractivity contribution >= 4 is 44.4 Å². The van der Waals surface area contributed by atoms with Crippen LogP contribution in [0.2, 0.25) is 5.02 Å². The highest BCUT2D eigenvalue weighted by Crippen LogP contribution is 2.43. The Morgan fingerprint density at radius 2 is 2.03 bits per heavy atom. The number of aliphatic hydroxyl groups is 1. The van der Waals surface area contributed by atoms with Crippen molar-refractivity contribution in [2.24, 2.45) is 11.1 Å². The summed E-state index contributed by atoms with van der Waals surface area (Å²) in [6.45, 7) is 4.90. The molecule has 0 aliphatic carbocycles. The standard InChI is InChI=1S/C23H29ClN4O3.2H2S/c1-14-21(25)23(13-31-14)6-8-28(9-7-23)22-18(12-29)27-17(11-26-22)16-5-4-15-3-2-10-30-20(15)19(16)24;;/h4-5,11,14,21,29H,2-3,6-10,12-13,25H2,1H3;2*1H2/t14-,21+;;/m0../s1. The van der Waals surface area contributed by atoms with Crippen LogP contribution in [-0.4, -0.2) is 53.5 Å². The molecule has 10 heteroatoms. The lowest BCUT2D eigenvalue weighted by molar-refractivity contribution is 0.0973. The van der Waals surface area contributed by atoms with Crippen molar-refractivity contribution in [2.45, 2.75) is 51.4 Å². The highest BCUT2D eigenvalue weighted by Gasteiger charge is 2.47. The lowest BCUT2D eigenvalue weighted by Crippen LogP contribution is -2.51. The van der Waals surface area contributed by atoms with Crippen molar-refractivity contribution in [1.29, 1.82) is 0 Å². The number of aryl methyl sites for hydroxylation is 1. The van der Waals surface area contributed by atoms with E-state index < -0.39 is 0 Å². The van der Waals surface area contributed by atoms with Gasteiger partial charge in [0.2, 0.25) is 0 Å². The summed E-state index contributed by atoms with van der Waals surface area (Å²) in [7, 11) is 0. The van der Waals surface area contributed by atoms with E-state index in [1.807, 2.05) is 12.1 Å². The molecule has 0 bridgehead atoms. The second-order valence-corrected chi connectivity index (χ2v) is 9.32. The Hall–Kier alpha value is -1.23. The van der Waals surface area contributed by atoms with Gasteiger partial charge in [0.1, 0.15) is 11.4 Å². The number of fused-ring (bicyclic) bond motifs is 1. The lowest BCUT2D eigenvalue weighted by Gasteiger charge is -2.41. The van der Waals surface area contributed by atoms with Gasteiger partial charge in [0.15, 0.2) is 5.82 Å². The van der Waals surface area contributed by atoms with Gasteiger partial charge in [-0.2, -0.15) is 27.0 Å². The average Bonchev–Trinajstić information content (AvgIpc) is 3.08. The summed E-state index contributed by atoms with van der Waals surface area (Å²) >= 11 is 6.65. The summed E-state index contributed by atoms with van der Waals surface area (Å²) in [4.78, 5) is 11.6. The molecule has 3 N–H and O–H groups in total. The molecule has 1 spiro atoms. The summed E-state index contributed by atoms with van der Waals surface area (Å²) in [6.07, 6.45) is 5.69. The minimum atomic E-state index is -0.184. The van der Waals surface area contributed by atoms with Crippen LogP contribution in [0.15, 0.2) is 18.3 Å². The number of hydrogen-bond acceptors (Lipinski definition) is 7. The van der Waals surface area contributed by atoms with Gasteiger partial charge in [0.05, 0.1) is 42.8 Å². The second-order valence-electron chi connectivity index (χ2n) is 8.94. The van der Waals surface area contributed by atoms with E-state index in [0.717, 1.165) is 68.1 Å². The molecule has 1 aromatic heterocycles. The maximum absolute atomic E-state index is 10.0. The molecule has 2 fully saturated rings. The topological polar surface area (TPSA) is 93.7 Å². The zero-order valence-electron chi connectivity index (χ0n) is 18.8. The first kappa shape index (κ1) is 26.4. The number of aliphatic hydroxyl groups excluding tert-OH is 1. The third-order valence-corrected chi connectivity index (χ3v) is 7.54. The van der Waals surface area contributed by atoms with Crippen LogP contribution in [0.3, 0.4) is 0 Å². The highest BCUT2D eigenvalue weighted by molar-refractivity contribution is 7.59. The molecule has 33 heavy (non-hydrogen) atoms. The first-order valence-corrected chi connectivity index (χ1v) is 11.4. The number of rotatable bonds is 3. The maximum Gasteiger partial charge on any atom is 0.152 e. The smallest absolute Gasteiger partial charge is 0.152 e. The summed E-state index contributed by atoms with van der Waals surface area (Å²) in [5.74, 6) is 1.47. The zero-order chi connectivity index (χ0) is 21.6. The number of aromatic nitrogens is 2. The van der Waals surface area contributed by atoms with Crippen molar-refractivity contribution in [3.05, 3.63) is 34.6 Å². The van der Waals surface area contributed by atoms with Gasteiger partial charge in [-0.1, -0.05) is 23.7 Å². The first-order valence-electron chi connectivity index (χ1n) is 11.1. The Kier molecular flexibility index (Phi) is 8.46. The molecule has 2 atom stereocenters. The third-order valence-electron chi connectivity index (χ3n) is 7.17. The normalized spacial score (nSPS) is 23.3. The van der Waals surface area contributed by atoms with Gasteiger partial charge >= 0.3 is 0 Å². The number of benzene rings is 1. The predicted octanol–water partition coefficient (Wildman–Crippen LogP) is 3.17. The molecular formula is C23H33ClN4O3S2. The monoisotopic (exact) mass is 512 g/mol. The van der Waals surface area contributed by atoms with Crippen LogP contribution < -0.4 is 15.4 Å². The maximum atomic E-state index is 10.0. The molecule has 4 heterocycles. The van der Waals surface area contributed by atoms with Crippen molar-refractivity contribution in [3.63, 3.8) is 0 Å². The van der Waals surface area contributed by atoms with E-state index in [4.69, 9.17) is 36.8 Å². The summed E-state index contributed by atoms with van der Waals surface area (Å²) in [6, 6.07) is 4.07. The molecule has 182 valence electrons. The molecule has 5 rings (SSSR count).